The van der Waals surface area contributed by atoms with Crippen LogP contribution in [-0.4, -0.2) is 49.0 Å². The molecule has 1 saturated heterocycles. The number of aromatic nitrogens is 5. The molecule has 0 aliphatic carbocycles. The van der Waals surface area contributed by atoms with E-state index in [-0.39, 0.29) is 23.5 Å². The largest absolute Gasteiger partial charge is 0.376 e. The van der Waals surface area contributed by atoms with E-state index in [1.54, 1.807) is 10.7 Å². The minimum Gasteiger partial charge on any atom is -0.376 e. The second kappa shape index (κ2) is 8.46. The molecule has 1 aliphatic heterocycles. The Morgan fingerprint density at radius 3 is 2.97 bits per heavy atom. The van der Waals surface area contributed by atoms with E-state index < -0.39 is 0 Å². The summed E-state index contributed by atoms with van der Waals surface area (Å²) >= 11 is 1.31. The Morgan fingerprint density at radius 1 is 1.34 bits per heavy atom. The summed E-state index contributed by atoms with van der Waals surface area (Å²) in [6, 6.07) is 8.20. The van der Waals surface area contributed by atoms with Gasteiger partial charge in [-0.3, -0.25) is 4.79 Å². The summed E-state index contributed by atoms with van der Waals surface area (Å²) in [4.78, 5) is 12.9. The van der Waals surface area contributed by atoms with Crippen molar-refractivity contribution in [2.45, 2.75) is 44.5 Å². The molecule has 1 fully saturated rings. The Balaban J connectivity index is 1.47. The van der Waals surface area contributed by atoms with Gasteiger partial charge in [0.15, 0.2) is 5.78 Å². The van der Waals surface area contributed by atoms with Crippen LogP contribution in [0.25, 0.3) is 5.69 Å². The number of nitrogens with zero attached hydrogens (tertiary/aromatic N) is 5. The molecule has 0 saturated carbocycles. The van der Waals surface area contributed by atoms with Gasteiger partial charge in [-0.1, -0.05) is 17.8 Å². The molecule has 1 atom stereocenters. The van der Waals surface area contributed by atoms with Gasteiger partial charge in [0.25, 0.3) is 0 Å². The molecule has 29 heavy (non-hydrogen) atoms. The third-order valence-corrected chi connectivity index (χ3v) is 5.99. The molecule has 2 aromatic heterocycles. The highest BCUT2D eigenvalue weighted by atomic mass is 32.2. The second-order valence-electron chi connectivity index (χ2n) is 7.09. The normalized spacial score (nSPS) is 16.4. The minimum atomic E-state index is -0.309. The summed E-state index contributed by atoms with van der Waals surface area (Å²) < 4.78 is 22.9. The van der Waals surface area contributed by atoms with Crippen molar-refractivity contribution in [1.82, 2.24) is 24.8 Å². The Bertz CT molecular complexity index is 1030. The lowest BCUT2D eigenvalue weighted by atomic mass is 10.2. The Labute approximate surface area is 172 Å². The Hall–Kier alpha value is -2.52. The zero-order chi connectivity index (χ0) is 20.4. The summed E-state index contributed by atoms with van der Waals surface area (Å²) in [5.74, 6) is -0.103. The lowest BCUT2D eigenvalue weighted by molar-refractivity contribution is 0.0912. The number of carbonyl (C=O) groups excluding carboxylic acids is 1. The van der Waals surface area contributed by atoms with Crippen LogP contribution in [0, 0.1) is 19.7 Å². The number of benzene rings is 1. The van der Waals surface area contributed by atoms with Gasteiger partial charge in [-0.05, 0) is 61.4 Å². The van der Waals surface area contributed by atoms with Crippen molar-refractivity contribution in [3.63, 3.8) is 0 Å². The number of hydrogen-bond donors (Lipinski definition) is 0. The van der Waals surface area contributed by atoms with Crippen LogP contribution < -0.4 is 0 Å². The van der Waals surface area contributed by atoms with Crippen molar-refractivity contribution >= 4 is 17.5 Å². The predicted octanol–water partition coefficient (Wildman–Crippen LogP) is 3.37. The summed E-state index contributed by atoms with van der Waals surface area (Å²) in [6.45, 7) is 5.15. The average Bonchev–Trinajstić information content (AvgIpc) is 3.42. The number of rotatable bonds is 7. The SMILES string of the molecule is Cc1cc(C(=O)CSc2nnnn2C[C@H]2CCCO2)c(C)n1-c1cccc(F)c1. The third kappa shape index (κ3) is 4.25. The van der Waals surface area contributed by atoms with Crippen LogP contribution in [0.1, 0.15) is 34.6 Å². The van der Waals surface area contributed by atoms with Crippen LogP contribution >= 0.6 is 11.8 Å². The van der Waals surface area contributed by atoms with Gasteiger partial charge in [0.05, 0.1) is 18.4 Å². The van der Waals surface area contributed by atoms with Crippen LogP contribution in [0.3, 0.4) is 0 Å². The summed E-state index contributed by atoms with van der Waals surface area (Å²) in [5.41, 5.74) is 2.99. The molecule has 152 valence electrons. The van der Waals surface area contributed by atoms with E-state index >= 15 is 0 Å². The van der Waals surface area contributed by atoms with Gasteiger partial charge in [-0.2, -0.15) is 0 Å². The van der Waals surface area contributed by atoms with Crippen molar-refractivity contribution in [3.05, 3.63) is 53.1 Å². The minimum absolute atomic E-state index is 0.0163. The molecule has 7 nitrogen and oxygen atoms in total. The number of Topliss-reactive ketones (excluding diaryl/α,β-unsaturated/α-hetero) is 1. The molecule has 0 radical (unpaired) electrons. The molecule has 0 N–H and O–H groups in total. The number of tetrazole rings is 1. The van der Waals surface area contributed by atoms with Crippen LogP contribution in [0.5, 0.6) is 0 Å². The topological polar surface area (TPSA) is 74.8 Å². The van der Waals surface area contributed by atoms with Gasteiger partial charge in [-0.25, -0.2) is 9.07 Å². The molecule has 9 heteroatoms. The molecule has 1 aromatic carbocycles. The van der Waals surface area contributed by atoms with Gasteiger partial charge in [0, 0.05) is 29.2 Å². The van der Waals surface area contributed by atoms with Gasteiger partial charge >= 0.3 is 0 Å². The summed E-state index contributed by atoms with van der Waals surface area (Å²) in [7, 11) is 0. The van der Waals surface area contributed by atoms with Crippen molar-refractivity contribution in [2.24, 2.45) is 0 Å². The van der Waals surface area contributed by atoms with Crippen LogP contribution in [0.4, 0.5) is 4.39 Å². The van der Waals surface area contributed by atoms with Crippen molar-refractivity contribution < 1.29 is 13.9 Å². The highest BCUT2D eigenvalue weighted by Gasteiger charge is 2.21. The number of ketones is 1. The highest BCUT2D eigenvalue weighted by Crippen LogP contribution is 2.24. The van der Waals surface area contributed by atoms with Gasteiger partial charge in [0.2, 0.25) is 5.16 Å². The van der Waals surface area contributed by atoms with Gasteiger partial charge in [0.1, 0.15) is 5.82 Å². The number of hydrogen-bond acceptors (Lipinski definition) is 6. The number of ether oxygens (including phenoxy) is 1. The van der Waals surface area contributed by atoms with Crippen molar-refractivity contribution in [2.75, 3.05) is 12.4 Å². The van der Waals surface area contributed by atoms with E-state index in [0.29, 0.717) is 23.0 Å². The maximum Gasteiger partial charge on any atom is 0.209 e. The molecule has 3 aromatic rings. The standard InChI is InChI=1S/C20H22FN5O2S/c1-13-9-18(14(2)26(13)16-6-3-5-15(21)10-16)19(27)12-29-20-22-23-24-25(20)11-17-7-4-8-28-17/h3,5-6,9-10,17H,4,7-8,11-12H2,1-2H3/t17-/m1/s1. The number of aryl methyl sites for hydroxylation is 1. The van der Waals surface area contributed by atoms with E-state index in [2.05, 4.69) is 15.5 Å². The third-order valence-electron chi connectivity index (χ3n) is 5.03. The fraction of sp³-hybridized carbons (Fsp3) is 0.400. The number of halogens is 1. The maximum atomic E-state index is 13.6. The fourth-order valence-electron chi connectivity index (χ4n) is 3.66. The predicted molar refractivity (Wildman–Crippen MR) is 107 cm³/mol. The van der Waals surface area contributed by atoms with E-state index in [0.717, 1.165) is 30.8 Å². The summed E-state index contributed by atoms with van der Waals surface area (Å²) in [5, 5.41) is 12.4. The van der Waals surface area contributed by atoms with Crippen molar-refractivity contribution in [1.29, 1.82) is 0 Å². The van der Waals surface area contributed by atoms with Crippen LogP contribution in [0.15, 0.2) is 35.5 Å². The zero-order valence-corrected chi connectivity index (χ0v) is 17.2. The molecule has 0 spiro atoms. The van der Waals surface area contributed by atoms with E-state index in [4.69, 9.17) is 4.74 Å². The monoisotopic (exact) mass is 415 g/mol. The highest BCUT2D eigenvalue weighted by molar-refractivity contribution is 7.99. The number of thioether (sulfide) groups is 1. The molecule has 0 unspecified atom stereocenters. The molecule has 1 aliphatic rings. The van der Waals surface area contributed by atoms with E-state index in [1.807, 2.05) is 30.5 Å². The smallest absolute Gasteiger partial charge is 0.209 e. The van der Waals surface area contributed by atoms with E-state index in [9.17, 15) is 9.18 Å². The Morgan fingerprint density at radius 2 is 2.21 bits per heavy atom. The maximum absolute atomic E-state index is 13.6. The Kier molecular flexibility index (Phi) is 5.77. The van der Waals surface area contributed by atoms with Crippen LogP contribution in [0.2, 0.25) is 0 Å². The fourth-order valence-corrected chi connectivity index (χ4v) is 4.43. The first-order chi connectivity index (χ1) is 14.0. The lowest BCUT2D eigenvalue weighted by Crippen LogP contribution is -2.17. The average molecular weight is 415 g/mol. The van der Waals surface area contributed by atoms with Gasteiger partial charge in [-0.15, -0.1) is 5.10 Å². The molecular formula is C20H22FN5O2S. The quantitative estimate of drug-likeness (QED) is 0.435. The first kappa shape index (κ1) is 19.8. The molecule has 4 rings (SSSR count). The first-order valence-corrected chi connectivity index (χ1v) is 10.5. The van der Waals surface area contributed by atoms with Crippen molar-refractivity contribution in [3.8, 4) is 5.69 Å². The first-order valence-electron chi connectivity index (χ1n) is 9.51. The summed E-state index contributed by atoms with van der Waals surface area (Å²) in [6.07, 6.45) is 2.17. The van der Waals surface area contributed by atoms with Gasteiger partial charge < -0.3 is 9.30 Å². The van der Waals surface area contributed by atoms with Crippen LogP contribution in [-0.2, 0) is 11.3 Å². The molecule has 0 amide bonds. The molecule has 3 heterocycles. The number of carbonyl (C=O) groups is 1. The second-order valence-corrected chi connectivity index (χ2v) is 8.03. The zero-order valence-electron chi connectivity index (χ0n) is 16.3. The van der Waals surface area contributed by atoms with E-state index in [1.165, 1.54) is 23.9 Å². The molecule has 0 bridgehead atoms. The molecular weight excluding hydrogens is 393 g/mol. The lowest BCUT2D eigenvalue weighted by Gasteiger charge is -2.10.